The second-order valence-corrected chi connectivity index (χ2v) is 6.82. The Hall–Kier alpha value is -2.37. The summed E-state index contributed by atoms with van der Waals surface area (Å²) < 4.78 is 0. The Kier molecular flexibility index (Phi) is 7.39. The van der Waals surface area contributed by atoms with E-state index in [-0.39, 0.29) is 36.3 Å². The number of anilines is 1. The van der Waals surface area contributed by atoms with Crippen LogP contribution in [0, 0.1) is 0 Å². The Labute approximate surface area is 166 Å². The van der Waals surface area contributed by atoms with Crippen LogP contribution in [0.15, 0.2) is 54.6 Å². The topological polar surface area (TPSA) is 75.4 Å². The fourth-order valence-corrected chi connectivity index (χ4v) is 3.41. The largest absolute Gasteiger partial charge is 0.334 e. The van der Waals surface area contributed by atoms with E-state index < -0.39 is 0 Å². The minimum atomic E-state index is -0.169. The maximum Gasteiger partial charge on any atom is 0.255 e. The van der Waals surface area contributed by atoms with Gasteiger partial charge in [-0.3, -0.25) is 9.59 Å². The summed E-state index contributed by atoms with van der Waals surface area (Å²) in [7, 11) is 0. The van der Waals surface area contributed by atoms with Gasteiger partial charge in [-0.1, -0.05) is 18.2 Å². The number of nitrogens with zero attached hydrogens (tertiary/aromatic N) is 1. The average molecular weight is 388 g/mol. The molecule has 144 valence electrons. The average Bonchev–Trinajstić information content (AvgIpc) is 2.68. The van der Waals surface area contributed by atoms with Crippen molar-refractivity contribution in [2.24, 2.45) is 5.73 Å². The van der Waals surface area contributed by atoms with E-state index in [2.05, 4.69) is 5.32 Å². The molecule has 2 aromatic carbocycles. The number of benzene rings is 2. The molecule has 2 atom stereocenters. The molecule has 2 amide bonds. The van der Waals surface area contributed by atoms with E-state index in [1.165, 1.54) is 0 Å². The Morgan fingerprint density at radius 2 is 1.70 bits per heavy atom. The van der Waals surface area contributed by atoms with Crippen LogP contribution in [0.4, 0.5) is 5.69 Å². The number of hydrogen-bond donors (Lipinski definition) is 2. The molecule has 1 fully saturated rings. The molecule has 1 heterocycles. The lowest BCUT2D eigenvalue weighted by Gasteiger charge is -2.38. The second-order valence-electron chi connectivity index (χ2n) is 6.82. The van der Waals surface area contributed by atoms with E-state index in [1.807, 2.05) is 30.0 Å². The molecular weight excluding hydrogens is 362 g/mol. The first-order valence-corrected chi connectivity index (χ1v) is 9.09. The van der Waals surface area contributed by atoms with Gasteiger partial charge in [-0.15, -0.1) is 12.4 Å². The molecule has 0 radical (unpaired) electrons. The van der Waals surface area contributed by atoms with E-state index in [9.17, 15) is 9.59 Å². The van der Waals surface area contributed by atoms with Crippen molar-refractivity contribution in [3.8, 4) is 0 Å². The van der Waals surface area contributed by atoms with Crippen LogP contribution in [0.3, 0.4) is 0 Å². The Bertz CT molecular complexity index is 763. The highest BCUT2D eigenvalue weighted by Crippen LogP contribution is 2.22. The molecule has 0 bridgehead atoms. The smallest absolute Gasteiger partial charge is 0.255 e. The van der Waals surface area contributed by atoms with Crippen LogP contribution in [-0.2, 0) is 0 Å². The van der Waals surface area contributed by atoms with Crippen molar-refractivity contribution < 1.29 is 9.59 Å². The van der Waals surface area contributed by atoms with Gasteiger partial charge in [-0.2, -0.15) is 0 Å². The molecule has 6 heteroatoms. The molecule has 3 rings (SSSR count). The maximum absolute atomic E-state index is 12.9. The molecule has 0 saturated carbocycles. The summed E-state index contributed by atoms with van der Waals surface area (Å²) in [6, 6.07) is 16.1. The van der Waals surface area contributed by atoms with Gasteiger partial charge in [0, 0.05) is 35.4 Å². The van der Waals surface area contributed by atoms with E-state index >= 15 is 0 Å². The highest BCUT2D eigenvalue weighted by Gasteiger charge is 2.29. The fourth-order valence-electron chi connectivity index (χ4n) is 3.41. The number of halogens is 1. The fraction of sp³-hybridized carbons (Fsp3) is 0.333. The summed E-state index contributed by atoms with van der Waals surface area (Å²) >= 11 is 0. The van der Waals surface area contributed by atoms with Crippen LogP contribution in [0.5, 0.6) is 0 Å². The molecule has 3 N–H and O–H groups in total. The van der Waals surface area contributed by atoms with Crippen molar-refractivity contribution in [3.05, 3.63) is 65.7 Å². The van der Waals surface area contributed by atoms with Crippen molar-refractivity contribution in [1.82, 2.24) is 4.90 Å². The maximum atomic E-state index is 12.9. The van der Waals surface area contributed by atoms with Gasteiger partial charge in [0.15, 0.2) is 0 Å². The number of piperidine rings is 1. The van der Waals surface area contributed by atoms with Gasteiger partial charge in [0.05, 0.1) is 0 Å². The van der Waals surface area contributed by atoms with Gasteiger partial charge >= 0.3 is 0 Å². The molecule has 2 unspecified atom stereocenters. The lowest BCUT2D eigenvalue weighted by molar-refractivity contribution is 0.0584. The van der Waals surface area contributed by atoms with Gasteiger partial charge in [0.2, 0.25) is 0 Å². The summed E-state index contributed by atoms with van der Waals surface area (Å²) in [5.74, 6) is -0.161. The zero-order valence-electron chi connectivity index (χ0n) is 15.4. The number of carbonyl (C=O) groups excluding carboxylic acids is 2. The van der Waals surface area contributed by atoms with Gasteiger partial charge in [-0.05, 0) is 62.6 Å². The third kappa shape index (κ3) is 5.08. The number of likely N-dealkylation sites (tertiary alicyclic amines) is 1. The number of nitrogens with one attached hydrogen (secondary N) is 1. The van der Waals surface area contributed by atoms with Crippen molar-refractivity contribution in [2.75, 3.05) is 11.9 Å². The van der Waals surface area contributed by atoms with E-state index in [1.54, 1.807) is 36.4 Å². The third-order valence-corrected chi connectivity index (χ3v) is 4.84. The first-order chi connectivity index (χ1) is 12.6. The summed E-state index contributed by atoms with van der Waals surface area (Å²) in [6.45, 7) is 2.70. The van der Waals surface area contributed by atoms with Gasteiger partial charge in [0.25, 0.3) is 11.8 Å². The Balaban J connectivity index is 0.00000261. The van der Waals surface area contributed by atoms with Crippen molar-refractivity contribution in [1.29, 1.82) is 0 Å². The van der Waals surface area contributed by atoms with Crippen LogP contribution >= 0.6 is 12.4 Å². The summed E-state index contributed by atoms with van der Waals surface area (Å²) in [6.07, 6.45) is 3.08. The Morgan fingerprint density at radius 1 is 1.04 bits per heavy atom. The summed E-state index contributed by atoms with van der Waals surface area (Å²) in [5, 5.41) is 2.85. The normalized spacial score (nSPS) is 17.6. The number of carbonyl (C=O) groups is 2. The molecule has 0 spiro atoms. The molecule has 1 aliphatic rings. The van der Waals surface area contributed by atoms with Crippen LogP contribution in [0.2, 0.25) is 0 Å². The lowest BCUT2D eigenvalue weighted by Crippen LogP contribution is -2.51. The summed E-state index contributed by atoms with van der Waals surface area (Å²) in [5.41, 5.74) is 7.95. The van der Waals surface area contributed by atoms with Crippen LogP contribution in [-0.4, -0.2) is 35.3 Å². The van der Waals surface area contributed by atoms with Crippen LogP contribution in [0.1, 0.15) is 46.9 Å². The highest BCUT2D eigenvalue weighted by atomic mass is 35.5. The highest BCUT2D eigenvalue weighted by molar-refractivity contribution is 6.04. The standard InChI is InChI=1S/C21H25N3O2.ClH/c1-15(22)19-9-5-6-14-24(19)21(26)17-10-12-18(13-11-17)23-20(25)16-7-3-2-4-8-16;/h2-4,7-8,10-13,15,19H,5-6,9,14,22H2,1H3,(H,23,25);1H. The predicted molar refractivity (Wildman–Crippen MR) is 110 cm³/mol. The molecule has 1 saturated heterocycles. The van der Waals surface area contributed by atoms with E-state index in [0.717, 1.165) is 25.8 Å². The zero-order valence-corrected chi connectivity index (χ0v) is 16.2. The van der Waals surface area contributed by atoms with Crippen molar-refractivity contribution in [3.63, 3.8) is 0 Å². The van der Waals surface area contributed by atoms with E-state index in [0.29, 0.717) is 16.8 Å². The molecule has 0 aromatic heterocycles. The number of amides is 2. The second kappa shape index (κ2) is 9.53. The van der Waals surface area contributed by atoms with Gasteiger partial charge in [-0.25, -0.2) is 0 Å². The quantitative estimate of drug-likeness (QED) is 0.839. The number of nitrogens with two attached hydrogens (primary N) is 1. The molecule has 27 heavy (non-hydrogen) atoms. The number of rotatable bonds is 4. The predicted octanol–water partition coefficient (Wildman–Crippen LogP) is 3.70. The number of hydrogen-bond acceptors (Lipinski definition) is 3. The Morgan fingerprint density at radius 3 is 2.33 bits per heavy atom. The van der Waals surface area contributed by atoms with Crippen molar-refractivity contribution >= 4 is 29.9 Å². The monoisotopic (exact) mass is 387 g/mol. The molecule has 0 aliphatic carbocycles. The summed E-state index contributed by atoms with van der Waals surface area (Å²) in [4.78, 5) is 26.9. The van der Waals surface area contributed by atoms with Crippen LogP contribution < -0.4 is 11.1 Å². The zero-order chi connectivity index (χ0) is 18.5. The first-order valence-electron chi connectivity index (χ1n) is 9.09. The minimum Gasteiger partial charge on any atom is -0.334 e. The van der Waals surface area contributed by atoms with Crippen LogP contribution in [0.25, 0.3) is 0 Å². The van der Waals surface area contributed by atoms with Gasteiger partial charge < -0.3 is 16.0 Å². The molecule has 2 aromatic rings. The van der Waals surface area contributed by atoms with Crippen molar-refractivity contribution in [2.45, 2.75) is 38.3 Å². The molecule has 1 aliphatic heterocycles. The minimum absolute atomic E-state index is 0. The molecular formula is C21H26ClN3O2. The lowest BCUT2D eigenvalue weighted by atomic mass is 9.96. The van der Waals surface area contributed by atoms with E-state index in [4.69, 9.17) is 5.73 Å². The third-order valence-electron chi connectivity index (χ3n) is 4.84. The SMILES string of the molecule is CC(N)C1CCCCN1C(=O)c1ccc(NC(=O)c2ccccc2)cc1.Cl. The van der Waals surface area contributed by atoms with Gasteiger partial charge in [0.1, 0.15) is 0 Å². The molecule has 5 nitrogen and oxygen atoms in total. The first kappa shape index (κ1) is 20.9.